The minimum absolute atomic E-state index is 0.342. The van der Waals surface area contributed by atoms with Crippen LogP contribution in [0.15, 0.2) is 6.07 Å². The Morgan fingerprint density at radius 2 is 1.95 bits per heavy atom. The summed E-state index contributed by atoms with van der Waals surface area (Å²) in [6, 6.07) is 2.68. The van der Waals surface area contributed by atoms with Gasteiger partial charge in [-0.15, -0.1) is 0 Å². The Balaban J connectivity index is 1.88. The second-order valence-electron chi connectivity index (χ2n) is 6.75. The van der Waals surface area contributed by atoms with Gasteiger partial charge in [-0.25, -0.2) is 9.97 Å². The topological polar surface area (TPSA) is 41.5 Å². The monoisotopic (exact) mass is 290 g/mol. The first-order valence-corrected chi connectivity index (χ1v) is 7.82. The fraction of sp³-hybridized carbons (Fsp3) is 0.750. The highest BCUT2D eigenvalue weighted by Gasteiger charge is 2.48. The quantitative estimate of drug-likeness (QED) is 0.828. The molecule has 3 rings (SSSR count). The van der Waals surface area contributed by atoms with Crippen LogP contribution < -0.4 is 4.90 Å². The summed E-state index contributed by atoms with van der Waals surface area (Å²) < 4.78 is 5.60. The zero-order valence-electron chi connectivity index (χ0n) is 13.6. The molecule has 1 spiro atoms. The summed E-state index contributed by atoms with van der Waals surface area (Å²) in [6.45, 7) is 7.92. The predicted molar refractivity (Wildman–Crippen MR) is 83.7 cm³/mol. The van der Waals surface area contributed by atoms with Gasteiger partial charge in [0, 0.05) is 49.5 Å². The van der Waals surface area contributed by atoms with Crippen molar-refractivity contribution >= 4 is 5.82 Å². The molecule has 2 aliphatic heterocycles. The normalized spacial score (nSPS) is 25.0. The van der Waals surface area contributed by atoms with Crippen molar-refractivity contribution in [2.45, 2.75) is 32.7 Å². The highest BCUT2D eigenvalue weighted by atomic mass is 16.5. The second kappa shape index (κ2) is 5.54. The first kappa shape index (κ1) is 14.7. The van der Waals surface area contributed by atoms with Crippen molar-refractivity contribution in [1.29, 1.82) is 0 Å². The molecule has 1 unspecified atom stereocenters. The number of nitrogens with zero attached hydrogens (tertiary/aromatic N) is 4. The summed E-state index contributed by atoms with van der Waals surface area (Å²) in [5, 5.41) is 0. The van der Waals surface area contributed by atoms with Gasteiger partial charge in [0.25, 0.3) is 0 Å². The van der Waals surface area contributed by atoms with Crippen molar-refractivity contribution in [2.75, 3.05) is 45.3 Å². The molecule has 0 N–H and O–H groups in total. The van der Waals surface area contributed by atoms with E-state index in [2.05, 4.69) is 39.9 Å². The number of aryl methyl sites for hydroxylation is 2. The Morgan fingerprint density at radius 3 is 2.57 bits per heavy atom. The van der Waals surface area contributed by atoms with Gasteiger partial charge in [-0.2, -0.15) is 0 Å². The molecule has 0 aliphatic carbocycles. The van der Waals surface area contributed by atoms with Crippen LogP contribution in [-0.2, 0) is 4.74 Å². The molecular weight excluding hydrogens is 264 g/mol. The lowest BCUT2D eigenvalue weighted by Crippen LogP contribution is -2.46. The van der Waals surface area contributed by atoms with E-state index in [1.807, 2.05) is 13.8 Å². The van der Waals surface area contributed by atoms with Crippen LogP contribution >= 0.6 is 0 Å². The summed E-state index contributed by atoms with van der Waals surface area (Å²) in [4.78, 5) is 13.9. The van der Waals surface area contributed by atoms with Crippen LogP contribution in [0.1, 0.15) is 24.4 Å². The third-order valence-electron chi connectivity index (χ3n) is 4.99. The van der Waals surface area contributed by atoms with Gasteiger partial charge in [0.05, 0.1) is 0 Å². The van der Waals surface area contributed by atoms with Crippen molar-refractivity contribution in [3.8, 4) is 0 Å². The maximum Gasteiger partial charge on any atom is 0.132 e. The Bertz CT molecular complexity index is 491. The highest BCUT2D eigenvalue weighted by molar-refractivity contribution is 5.43. The molecular formula is C16H26N4O. The van der Waals surface area contributed by atoms with Gasteiger partial charge in [0.15, 0.2) is 0 Å². The third kappa shape index (κ3) is 2.77. The average molecular weight is 290 g/mol. The van der Waals surface area contributed by atoms with Crippen LogP contribution in [0.5, 0.6) is 0 Å². The van der Waals surface area contributed by atoms with E-state index in [4.69, 9.17) is 4.74 Å². The molecule has 0 bridgehead atoms. The Morgan fingerprint density at radius 1 is 1.24 bits per heavy atom. The first-order chi connectivity index (χ1) is 10.00. The molecule has 5 heteroatoms. The Hall–Kier alpha value is -1.20. The van der Waals surface area contributed by atoms with E-state index >= 15 is 0 Å². The minimum atomic E-state index is 0.342. The average Bonchev–Trinajstić information content (AvgIpc) is 2.78. The lowest BCUT2D eigenvalue weighted by atomic mass is 9.75. The molecule has 116 valence electrons. The molecule has 0 aromatic carbocycles. The van der Waals surface area contributed by atoms with Crippen molar-refractivity contribution < 1.29 is 4.74 Å². The number of hydrogen-bond acceptors (Lipinski definition) is 5. The standard InChI is InChI=1S/C16H26N4O/c1-12-9-15(18-13(2)17-12)20-10-14(19(3)4)16(11-20)5-7-21-8-6-16/h9,14H,5-8,10-11H2,1-4H3. The van der Waals surface area contributed by atoms with Gasteiger partial charge < -0.3 is 14.5 Å². The maximum absolute atomic E-state index is 5.60. The summed E-state index contributed by atoms with van der Waals surface area (Å²) >= 11 is 0. The predicted octanol–water partition coefficient (Wildman–Crippen LogP) is 1.64. The van der Waals surface area contributed by atoms with Gasteiger partial charge in [-0.3, -0.25) is 0 Å². The first-order valence-electron chi connectivity index (χ1n) is 7.82. The molecule has 2 saturated heterocycles. The van der Waals surface area contributed by atoms with E-state index in [0.29, 0.717) is 11.5 Å². The largest absolute Gasteiger partial charge is 0.381 e. The molecule has 1 aromatic heterocycles. The van der Waals surface area contributed by atoms with Crippen LogP contribution in [0.3, 0.4) is 0 Å². The van der Waals surface area contributed by atoms with Crippen molar-refractivity contribution in [1.82, 2.24) is 14.9 Å². The van der Waals surface area contributed by atoms with E-state index in [0.717, 1.165) is 56.5 Å². The summed E-state index contributed by atoms with van der Waals surface area (Å²) in [5.74, 6) is 1.94. The molecule has 2 aliphatic rings. The van der Waals surface area contributed by atoms with Crippen LogP contribution in [0.4, 0.5) is 5.82 Å². The Labute approximate surface area is 127 Å². The minimum Gasteiger partial charge on any atom is -0.381 e. The Kier molecular flexibility index (Phi) is 3.88. The van der Waals surface area contributed by atoms with Crippen LogP contribution in [0.2, 0.25) is 0 Å². The van der Waals surface area contributed by atoms with E-state index in [-0.39, 0.29) is 0 Å². The number of aromatic nitrogens is 2. The van der Waals surface area contributed by atoms with E-state index in [9.17, 15) is 0 Å². The number of ether oxygens (including phenoxy) is 1. The molecule has 0 saturated carbocycles. The number of rotatable bonds is 2. The van der Waals surface area contributed by atoms with Gasteiger partial charge in [0.1, 0.15) is 11.6 Å². The highest BCUT2D eigenvalue weighted by Crippen LogP contribution is 2.43. The van der Waals surface area contributed by atoms with Crippen LogP contribution in [-0.4, -0.2) is 61.3 Å². The van der Waals surface area contributed by atoms with Gasteiger partial charge in [-0.05, 0) is 40.8 Å². The molecule has 1 atom stereocenters. The smallest absolute Gasteiger partial charge is 0.132 e. The third-order valence-corrected chi connectivity index (χ3v) is 4.99. The molecule has 2 fully saturated rings. The van der Waals surface area contributed by atoms with Crippen molar-refractivity contribution in [3.63, 3.8) is 0 Å². The van der Waals surface area contributed by atoms with Crippen LogP contribution in [0, 0.1) is 19.3 Å². The lowest BCUT2D eigenvalue weighted by molar-refractivity contribution is -0.00578. The van der Waals surface area contributed by atoms with Crippen molar-refractivity contribution in [2.24, 2.45) is 5.41 Å². The fourth-order valence-corrected chi connectivity index (χ4v) is 3.97. The molecule has 1 aromatic rings. The van der Waals surface area contributed by atoms with E-state index < -0.39 is 0 Å². The molecule has 3 heterocycles. The maximum atomic E-state index is 5.60. The fourth-order valence-electron chi connectivity index (χ4n) is 3.97. The molecule has 21 heavy (non-hydrogen) atoms. The number of likely N-dealkylation sites (N-methyl/N-ethyl adjacent to an activating group) is 1. The zero-order chi connectivity index (χ0) is 15.0. The summed E-state index contributed by atoms with van der Waals surface area (Å²) in [7, 11) is 4.39. The second-order valence-corrected chi connectivity index (χ2v) is 6.75. The zero-order valence-corrected chi connectivity index (χ0v) is 13.6. The molecule has 5 nitrogen and oxygen atoms in total. The lowest BCUT2D eigenvalue weighted by Gasteiger charge is -2.40. The van der Waals surface area contributed by atoms with Gasteiger partial charge in [0.2, 0.25) is 0 Å². The van der Waals surface area contributed by atoms with Crippen molar-refractivity contribution in [3.05, 3.63) is 17.6 Å². The summed E-state index contributed by atoms with van der Waals surface area (Å²) in [5.41, 5.74) is 1.39. The SMILES string of the molecule is Cc1cc(N2CC(N(C)C)C3(CCOCC3)C2)nc(C)n1. The van der Waals surface area contributed by atoms with Gasteiger partial charge in [-0.1, -0.05) is 0 Å². The molecule has 0 radical (unpaired) electrons. The van der Waals surface area contributed by atoms with Crippen LogP contribution in [0.25, 0.3) is 0 Å². The summed E-state index contributed by atoms with van der Waals surface area (Å²) in [6.07, 6.45) is 2.30. The number of anilines is 1. The molecule has 0 amide bonds. The van der Waals surface area contributed by atoms with Gasteiger partial charge >= 0.3 is 0 Å². The number of hydrogen-bond donors (Lipinski definition) is 0. The van der Waals surface area contributed by atoms with E-state index in [1.54, 1.807) is 0 Å². The van der Waals surface area contributed by atoms with E-state index in [1.165, 1.54) is 0 Å².